The van der Waals surface area contributed by atoms with E-state index in [9.17, 15) is 4.39 Å². The lowest BCUT2D eigenvalue weighted by molar-refractivity contribution is 0.627. The standard InChI is InChI=1S/C14H15BrFN3/c1-3-13-17-12(15)9-14(18-13)19(4-2)11-7-5-10(16)6-8-11/h5-9H,3-4H2,1-2H3. The first-order chi connectivity index (χ1) is 9.13. The van der Waals surface area contributed by atoms with Gasteiger partial charge in [-0.15, -0.1) is 0 Å². The quantitative estimate of drug-likeness (QED) is 0.793. The predicted molar refractivity (Wildman–Crippen MR) is 78.2 cm³/mol. The first-order valence-electron chi connectivity index (χ1n) is 6.20. The molecule has 3 nitrogen and oxygen atoms in total. The number of hydrogen-bond acceptors (Lipinski definition) is 3. The highest BCUT2D eigenvalue weighted by Crippen LogP contribution is 2.25. The first-order valence-corrected chi connectivity index (χ1v) is 7.00. The van der Waals surface area contributed by atoms with Gasteiger partial charge in [-0.3, -0.25) is 0 Å². The number of halogens is 2. The largest absolute Gasteiger partial charge is 0.327 e. The molecule has 2 rings (SSSR count). The van der Waals surface area contributed by atoms with Crippen molar-refractivity contribution in [1.29, 1.82) is 0 Å². The van der Waals surface area contributed by atoms with E-state index in [1.54, 1.807) is 12.1 Å². The van der Waals surface area contributed by atoms with Crippen LogP contribution in [0.2, 0.25) is 0 Å². The Kier molecular flexibility index (Phi) is 4.47. The van der Waals surface area contributed by atoms with Crippen LogP contribution in [0.25, 0.3) is 0 Å². The van der Waals surface area contributed by atoms with Crippen LogP contribution in [0.5, 0.6) is 0 Å². The van der Waals surface area contributed by atoms with Gasteiger partial charge in [0, 0.05) is 24.7 Å². The topological polar surface area (TPSA) is 29.0 Å². The summed E-state index contributed by atoms with van der Waals surface area (Å²) in [5.74, 6) is 1.36. The molecule has 0 atom stereocenters. The van der Waals surface area contributed by atoms with E-state index in [4.69, 9.17) is 0 Å². The zero-order chi connectivity index (χ0) is 13.8. The van der Waals surface area contributed by atoms with E-state index in [1.807, 2.05) is 24.8 Å². The predicted octanol–water partition coefficient (Wildman–Crippen LogP) is 4.10. The van der Waals surface area contributed by atoms with Gasteiger partial charge in [0.05, 0.1) is 0 Å². The third kappa shape index (κ3) is 3.29. The first kappa shape index (κ1) is 13.9. The lowest BCUT2D eigenvalue weighted by Crippen LogP contribution is -2.18. The monoisotopic (exact) mass is 323 g/mol. The molecule has 0 bridgehead atoms. The molecule has 0 unspecified atom stereocenters. The summed E-state index contributed by atoms with van der Waals surface area (Å²) in [4.78, 5) is 10.8. The molecule has 0 radical (unpaired) electrons. The maximum atomic E-state index is 13.0. The number of aromatic nitrogens is 2. The van der Waals surface area contributed by atoms with Gasteiger partial charge in [-0.1, -0.05) is 6.92 Å². The molecular formula is C14H15BrFN3. The van der Waals surface area contributed by atoms with Gasteiger partial charge < -0.3 is 4.90 Å². The molecule has 0 saturated carbocycles. The maximum absolute atomic E-state index is 13.0. The number of rotatable bonds is 4. The van der Waals surface area contributed by atoms with Crippen molar-refractivity contribution in [2.75, 3.05) is 11.4 Å². The van der Waals surface area contributed by atoms with Crippen LogP contribution in [0.4, 0.5) is 15.9 Å². The average molecular weight is 324 g/mol. The zero-order valence-corrected chi connectivity index (χ0v) is 12.5. The number of benzene rings is 1. The van der Waals surface area contributed by atoms with E-state index < -0.39 is 0 Å². The summed E-state index contributed by atoms with van der Waals surface area (Å²) < 4.78 is 13.7. The fraction of sp³-hybridized carbons (Fsp3) is 0.286. The Balaban J connectivity index is 2.41. The number of hydrogen-bond donors (Lipinski definition) is 0. The highest BCUT2D eigenvalue weighted by atomic mass is 79.9. The Bertz CT molecular complexity index is 557. The van der Waals surface area contributed by atoms with E-state index in [1.165, 1.54) is 12.1 Å². The van der Waals surface area contributed by atoms with Crippen molar-refractivity contribution in [3.05, 3.63) is 46.6 Å². The van der Waals surface area contributed by atoms with Crippen molar-refractivity contribution in [2.45, 2.75) is 20.3 Å². The molecule has 2 aromatic rings. The minimum atomic E-state index is -0.238. The van der Waals surface area contributed by atoms with Crippen LogP contribution in [0, 0.1) is 5.82 Å². The van der Waals surface area contributed by atoms with E-state index in [-0.39, 0.29) is 5.82 Å². The summed E-state index contributed by atoms with van der Waals surface area (Å²) in [6.07, 6.45) is 0.771. The molecule has 0 saturated heterocycles. The Morgan fingerprint density at radius 3 is 2.42 bits per heavy atom. The second kappa shape index (κ2) is 6.10. The smallest absolute Gasteiger partial charge is 0.137 e. The van der Waals surface area contributed by atoms with Crippen LogP contribution < -0.4 is 4.90 Å². The van der Waals surface area contributed by atoms with Gasteiger partial charge in [-0.25, -0.2) is 14.4 Å². The summed E-state index contributed by atoms with van der Waals surface area (Å²) in [7, 11) is 0. The second-order valence-electron chi connectivity index (χ2n) is 4.04. The van der Waals surface area contributed by atoms with Crippen LogP contribution >= 0.6 is 15.9 Å². The molecule has 0 aliphatic rings. The van der Waals surface area contributed by atoms with Crippen LogP contribution in [-0.4, -0.2) is 16.5 Å². The molecule has 0 aliphatic heterocycles. The molecular weight excluding hydrogens is 309 g/mol. The van der Waals surface area contributed by atoms with Crippen molar-refractivity contribution in [3.63, 3.8) is 0 Å². The fourth-order valence-electron chi connectivity index (χ4n) is 1.85. The number of anilines is 2. The molecule has 0 fully saturated rings. The summed E-state index contributed by atoms with van der Waals surface area (Å²) in [5.41, 5.74) is 0.913. The summed E-state index contributed by atoms with van der Waals surface area (Å²) in [6.45, 7) is 4.79. The summed E-state index contributed by atoms with van der Waals surface area (Å²) in [6, 6.07) is 8.27. The van der Waals surface area contributed by atoms with Crippen LogP contribution in [0.1, 0.15) is 19.7 Å². The Labute approximate surface area is 120 Å². The zero-order valence-electron chi connectivity index (χ0n) is 10.9. The third-order valence-electron chi connectivity index (χ3n) is 2.77. The van der Waals surface area contributed by atoms with Crippen molar-refractivity contribution >= 4 is 27.4 Å². The van der Waals surface area contributed by atoms with E-state index in [2.05, 4.69) is 25.9 Å². The Morgan fingerprint density at radius 2 is 1.84 bits per heavy atom. The van der Waals surface area contributed by atoms with Gasteiger partial charge in [-0.05, 0) is 47.1 Å². The van der Waals surface area contributed by atoms with Gasteiger partial charge in [0.15, 0.2) is 0 Å². The van der Waals surface area contributed by atoms with Crippen molar-refractivity contribution in [2.24, 2.45) is 0 Å². The fourth-order valence-corrected chi connectivity index (χ4v) is 2.26. The summed E-state index contributed by atoms with van der Waals surface area (Å²) >= 11 is 3.40. The second-order valence-corrected chi connectivity index (χ2v) is 4.85. The third-order valence-corrected chi connectivity index (χ3v) is 3.18. The van der Waals surface area contributed by atoms with Gasteiger partial charge in [0.1, 0.15) is 22.1 Å². The highest BCUT2D eigenvalue weighted by molar-refractivity contribution is 9.10. The molecule has 1 aromatic carbocycles. The minimum Gasteiger partial charge on any atom is -0.327 e. The average Bonchev–Trinajstić information content (AvgIpc) is 2.41. The molecule has 1 aromatic heterocycles. The molecule has 5 heteroatoms. The molecule has 19 heavy (non-hydrogen) atoms. The molecule has 0 aliphatic carbocycles. The van der Waals surface area contributed by atoms with Crippen LogP contribution in [-0.2, 0) is 6.42 Å². The normalized spacial score (nSPS) is 10.5. The number of aryl methyl sites for hydroxylation is 1. The van der Waals surface area contributed by atoms with Crippen LogP contribution in [0.3, 0.4) is 0 Å². The SMILES string of the molecule is CCc1nc(Br)cc(N(CC)c2ccc(F)cc2)n1. The van der Waals surface area contributed by atoms with Gasteiger partial charge >= 0.3 is 0 Å². The maximum Gasteiger partial charge on any atom is 0.137 e. The van der Waals surface area contributed by atoms with Crippen LogP contribution in [0.15, 0.2) is 34.9 Å². The van der Waals surface area contributed by atoms with Gasteiger partial charge in [-0.2, -0.15) is 0 Å². The molecule has 0 amide bonds. The van der Waals surface area contributed by atoms with Crippen molar-refractivity contribution in [3.8, 4) is 0 Å². The lowest BCUT2D eigenvalue weighted by Gasteiger charge is -2.22. The van der Waals surface area contributed by atoms with Crippen molar-refractivity contribution in [1.82, 2.24) is 9.97 Å². The molecule has 0 spiro atoms. The molecule has 0 N–H and O–H groups in total. The highest BCUT2D eigenvalue weighted by Gasteiger charge is 2.11. The van der Waals surface area contributed by atoms with E-state index in [0.717, 1.165) is 34.9 Å². The van der Waals surface area contributed by atoms with Gasteiger partial charge in [0.25, 0.3) is 0 Å². The van der Waals surface area contributed by atoms with E-state index >= 15 is 0 Å². The van der Waals surface area contributed by atoms with Gasteiger partial charge in [0.2, 0.25) is 0 Å². The van der Waals surface area contributed by atoms with E-state index in [0.29, 0.717) is 0 Å². The summed E-state index contributed by atoms with van der Waals surface area (Å²) in [5, 5.41) is 0. The lowest BCUT2D eigenvalue weighted by atomic mass is 10.2. The Morgan fingerprint density at radius 1 is 1.16 bits per heavy atom. The minimum absolute atomic E-state index is 0.238. The van der Waals surface area contributed by atoms with Crippen molar-refractivity contribution < 1.29 is 4.39 Å². The number of nitrogens with zero attached hydrogens (tertiary/aromatic N) is 3. The molecule has 1 heterocycles. The Hall–Kier alpha value is -1.49. The molecule has 100 valence electrons.